The molecule has 0 unspecified atom stereocenters. The summed E-state index contributed by atoms with van der Waals surface area (Å²) in [5, 5.41) is 9.02. The third-order valence-electron chi connectivity index (χ3n) is 3.49. The van der Waals surface area contributed by atoms with Gasteiger partial charge in [-0.2, -0.15) is 0 Å². The zero-order valence-corrected chi connectivity index (χ0v) is 16.6. The number of nitrogens with two attached hydrogens (primary N) is 1. The number of likely N-dealkylation sites (tertiary alicyclic amines) is 1. The van der Waals surface area contributed by atoms with Gasteiger partial charge in [-0.15, -0.1) is 0 Å². The number of amides is 3. The van der Waals surface area contributed by atoms with E-state index >= 15 is 0 Å². The van der Waals surface area contributed by atoms with Crippen LogP contribution in [0.4, 0.5) is 9.59 Å². The van der Waals surface area contributed by atoms with Crippen molar-refractivity contribution in [2.45, 2.75) is 71.2 Å². The summed E-state index contributed by atoms with van der Waals surface area (Å²) in [7, 11) is 0. The average Bonchev–Trinajstić information content (AvgIpc) is 2.68. The third-order valence-corrected chi connectivity index (χ3v) is 3.49. The number of carboxylic acids is 1. The van der Waals surface area contributed by atoms with Gasteiger partial charge in [0.15, 0.2) is 0 Å². The molecule has 154 valence electrons. The lowest BCUT2D eigenvalue weighted by Crippen LogP contribution is -2.50. The smallest absolute Gasteiger partial charge is 0.419 e. The highest BCUT2D eigenvalue weighted by molar-refractivity contribution is 5.90. The first-order valence-corrected chi connectivity index (χ1v) is 8.62. The molecule has 0 spiro atoms. The van der Waals surface area contributed by atoms with Crippen molar-refractivity contribution in [1.82, 2.24) is 9.80 Å². The molecule has 1 heterocycles. The molecular formula is C17H29N3O7. The van der Waals surface area contributed by atoms with Crippen molar-refractivity contribution in [3.63, 3.8) is 0 Å². The molecule has 0 saturated carbocycles. The zero-order valence-electron chi connectivity index (χ0n) is 16.6. The second-order valence-corrected chi connectivity index (χ2v) is 8.43. The summed E-state index contributed by atoms with van der Waals surface area (Å²) in [6.45, 7) is 9.00. The Labute approximate surface area is 158 Å². The van der Waals surface area contributed by atoms with Crippen LogP contribution in [-0.2, 0) is 19.1 Å². The molecule has 2 atom stereocenters. The molecule has 0 aliphatic carbocycles. The predicted octanol–water partition coefficient (Wildman–Crippen LogP) is 1.17. The maximum atomic E-state index is 12.5. The van der Waals surface area contributed by atoms with E-state index in [-0.39, 0.29) is 13.0 Å². The number of carboxylic acid groups (broad SMARTS) is 1. The van der Waals surface area contributed by atoms with Gasteiger partial charge in [-0.25, -0.2) is 14.5 Å². The van der Waals surface area contributed by atoms with Gasteiger partial charge in [0.25, 0.3) is 0 Å². The van der Waals surface area contributed by atoms with Crippen LogP contribution < -0.4 is 5.73 Å². The molecule has 10 heteroatoms. The van der Waals surface area contributed by atoms with Crippen LogP contribution in [0.5, 0.6) is 0 Å². The monoisotopic (exact) mass is 387 g/mol. The van der Waals surface area contributed by atoms with Gasteiger partial charge in [0.2, 0.25) is 5.91 Å². The average molecular weight is 387 g/mol. The Kier molecular flexibility index (Phi) is 6.82. The standard InChI is InChI=1S/C17H29N3O7/c1-16(2,3)26-14(24)20(15(25)27-17(4,5)6)8-10-7-11(18)13(23)19(10)9-12(21)22/h10-11H,7-9,18H2,1-6H3,(H,21,22)/t10-,11+/m0/s1. The normalized spacial score (nSPS) is 20.4. The minimum Gasteiger partial charge on any atom is -0.480 e. The Morgan fingerprint density at radius 1 is 1.11 bits per heavy atom. The van der Waals surface area contributed by atoms with Gasteiger partial charge < -0.3 is 25.2 Å². The van der Waals surface area contributed by atoms with E-state index in [1.165, 1.54) is 0 Å². The molecule has 0 bridgehead atoms. The van der Waals surface area contributed by atoms with Crippen LogP contribution >= 0.6 is 0 Å². The Balaban J connectivity index is 3.07. The number of carbonyl (C=O) groups is 4. The van der Waals surface area contributed by atoms with Gasteiger partial charge in [0.05, 0.1) is 18.6 Å². The summed E-state index contributed by atoms with van der Waals surface area (Å²) in [6, 6.07) is -1.64. The van der Waals surface area contributed by atoms with E-state index < -0.39 is 53.9 Å². The molecule has 1 fully saturated rings. The number of carbonyl (C=O) groups excluding carboxylic acids is 3. The lowest BCUT2D eigenvalue weighted by Gasteiger charge is -2.32. The Morgan fingerprint density at radius 2 is 1.56 bits per heavy atom. The van der Waals surface area contributed by atoms with E-state index in [0.717, 1.165) is 9.80 Å². The summed E-state index contributed by atoms with van der Waals surface area (Å²) in [4.78, 5) is 50.0. The molecule has 10 nitrogen and oxygen atoms in total. The first kappa shape index (κ1) is 22.7. The second kappa shape index (κ2) is 8.12. The van der Waals surface area contributed by atoms with Crippen LogP contribution in [-0.4, -0.2) is 75.3 Å². The molecule has 0 aromatic heterocycles. The number of hydrogen-bond donors (Lipinski definition) is 2. The highest BCUT2D eigenvalue weighted by Crippen LogP contribution is 2.22. The van der Waals surface area contributed by atoms with Gasteiger partial charge in [-0.05, 0) is 48.0 Å². The molecule has 0 radical (unpaired) electrons. The number of nitrogens with zero attached hydrogens (tertiary/aromatic N) is 2. The van der Waals surface area contributed by atoms with Crippen molar-refractivity contribution in [2.24, 2.45) is 5.73 Å². The summed E-state index contributed by atoms with van der Waals surface area (Å²) in [6.07, 6.45) is -1.78. The van der Waals surface area contributed by atoms with Crippen LogP contribution in [0.15, 0.2) is 0 Å². The minimum absolute atomic E-state index is 0.105. The maximum absolute atomic E-state index is 12.5. The van der Waals surface area contributed by atoms with E-state index in [1.54, 1.807) is 41.5 Å². The molecule has 3 N–H and O–H groups in total. The number of imide groups is 1. The topological polar surface area (TPSA) is 139 Å². The highest BCUT2D eigenvalue weighted by Gasteiger charge is 2.42. The fraction of sp³-hybridized carbons (Fsp3) is 0.765. The first-order chi connectivity index (χ1) is 12.1. The number of aliphatic carboxylic acids is 1. The largest absolute Gasteiger partial charge is 0.480 e. The van der Waals surface area contributed by atoms with Gasteiger partial charge in [-0.1, -0.05) is 0 Å². The predicted molar refractivity (Wildman–Crippen MR) is 94.9 cm³/mol. The highest BCUT2D eigenvalue weighted by atomic mass is 16.6. The molecule has 1 saturated heterocycles. The molecule has 1 aliphatic rings. The van der Waals surface area contributed by atoms with Crippen molar-refractivity contribution >= 4 is 24.1 Å². The second-order valence-electron chi connectivity index (χ2n) is 8.43. The quantitative estimate of drug-likeness (QED) is 0.733. The summed E-state index contributed by atoms with van der Waals surface area (Å²) < 4.78 is 10.5. The fourth-order valence-electron chi connectivity index (χ4n) is 2.51. The summed E-state index contributed by atoms with van der Waals surface area (Å²) >= 11 is 0. The first-order valence-electron chi connectivity index (χ1n) is 8.62. The third kappa shape index (κ3) is 7.05. The van der Waals surface area contributed by atoms with Crippen LogP contribution in [0.1, 0.15) is 48.0 Å². The summed E-state index contributed by atoms with van der Waals surface area (Å²) in [5.41, 5.74) is 4.01. The van der Waals surface area contributed by atoms with Crippen molar-refractivity contribution in [3.05, 3.63) is 0 Å². The Hall–Kier alpha value is -2.36. The van der Waals surface area contributed by atoms with Gasteiger partial charge in [0.1, 0.15) is 17.7 Å². The molecule has 1 aliphatic heterocycles. The number of rotatable bonds is 4. The van der Waals surface area contributed by atoms with E-state index in [2.05, 4.69) is 0 Å². The molecule has 0 aromatic carbocycles. The van der Waals surface area contributed by atoms with Crippen LogP contribution in [0.3, 0.4) is 0 Å². The van der Waals surface area contributed by atoms with Crippen LogP contribution in [0.25, 0.3) is 0 Å². The van der Waals surface area contributed by atoms with E-state index in [0.29, 0.717) is 0 Å². The van der Waals surface area contributed by atoms with Gasteiger partial charge in [0, 0.05) is 0 Å². The Bertz CT molecular complexity index is 579. The maximum Gasteiger partial charge on any atom is 0.419 e. The van der Waals surface area contributed by atoms with E-state index in [9.17, 15) is 19.2 Å². The number of hydrogen-bond acceptors (Lipinski definition) is 7. The van der Waals surface area contributed by atoms with Crippen molar-refractivity contribution in [1.29, 1.82) is 0 Å². The molecule has 0 aromatic rings. The fourth-order valence-corrected chi connectivity index (χ4v) is 2.51. The van der Waals surface area contributed by atoms with Crippen molar-refractivity contribution in [2.75, 3.05) is 13.1 Å². The SMILES string of the molecule is CC(C)(C)OC(=O)N(C[C@@H]1C[C@@H](N)C(=O)N1CC(=O)O)C(=O)OC(C)(C)C. The lowest BCUT2D eigenvalue weighted by molar-refractivity contribution is -0.144. The van der Waals surface area contributed by atoms with Crippen LogP contribution in [0.2, 0.25) is 0 Å². The summed E-state index contributed by atoms with van der Waals surface area (Å²) in [5.74, 6) is -1.76. The minimum atomic E-state index is -1.22. The van der Waals surface area contributed by atoms with Crippen molar-refractivity contribution in [3.8, 4) is 0 Å². The van der Waals surface area contributed by atoms with Crippen molar-refractivity contribution < 1.29 is 33.8 Å². The van der Waals surface area contributed by atoms with Crippen LogP contribution in [0, 0.1) is 0 Å². The zero-order chi connectivity index (χ0) is 21.2. The van der Waals surface area contributed by atoms with Gasteiger partial charge >= 0.3 is 18.2 Å². The number of ether oxygens (including phenoxy) is 2. The molecular weight excluding hydrogens is 358 g/mol. The van der Waals surface area contributed by atoms with E-state index in [4.69, 9.17) is 20.3 Å². The van der Waals surface area contributed by atoms with E-state index in [1.807, 2.05) is 0 Å². The lowest BCUT2D eigenvalue weighted by atomic mass is 10.1. The molecule has 1 rings (SSSR count). The molecule has 3 amide bonds. The molecule has 27 heavy (non-hydrogen) atoms. The Morgan fingerprint density at radius 3 is 1.93 bits per heavy atom. The van der Waals surface area contributed by atoms with Gasteiger partial charge in [-0.3, -0.25) is 9.59 Å².